The molecule has 4 amide bonds. The molecule has 0 fully saturated rings. The first kappa shape index (κ1) is 22.7. The van der Waals surface area contributed by atoms with Crippen LogP contribution in [0.25, 0.3) is 0 Å². The molecule has 0 radical (unpaired) electrons. The molecule has 0 aliphatic carbocycles. The molecule has 0 aromatic carbocycles. The van der Waals surface area contributed by atoms with Gasteiger partial charge in [-0.1, -0.05) is 21.6 Å². The van der Waals surface area contributed by atoms with Crippen LogP contribution in [0.1, 0.15) is 13.8 Å². The number of hydrogen-bond donors (Lipinski definition) is 0. The lowest BCUT2D eigenvalue weighted by Crippen LogP contribution is -2.34. The predicted molar refractivity (Wildman–Crippen MR) is 108 cm³/mol. The number of carbonyl (C=O) groups is 4. The third kappa shape index (κ3) is 6.47. The van der Waals surface area contributed by atoms with Crippen LogP contribution in [0.15, 0.2) is 23.3 Å². The van der Waals surface area contributed by atoms with Crippen LogP contribution in [0, 0.1) is 0 Å². The number of nitrogens with zero attached hydrogens (tertiary/aromatic N) is 2. The second kappa shape index (κ2) is 11.4. The van der Waals surface area contributed by atoms with Gasteiger partial charge in [0.25, 0.3) is 23.6 Å². The molecule has 8 nitrogen and oxygen atoms in total. The molecule has 0 aromatic rings. The Hall–Kier alpha value is -1.62. The number of carbonyl (C=O) groups excluding carboxylic acids is 4. The summed E-state index contributed by atoms with van der Waals surface area (Å²) < 4.78 is 10.9. The van der Waals surface area contributed by atoms with Crippen molar-refractivity contribution in [2.45, 2.75) is 13.8 Å². The van der Waals surface area contributed by atoms with E-state index in [1.807, 2.05) is 0 Å². The third-order valence-corrected chi connectivity index (χ3v) is 6.33. The summed E-state index contributed by atoms with van der Waals surface area (Å²) in [6.07, 6.45) is 2.69. The van der Waals surface area contributed by atoms with Gasteiger partial charge in [-0.05, 0) is 13.8 Å². The van der Waals surface area contributed by atoms with Gasteiger partial charge in [0.15, 0.2) is 0 Å². The minimum absolute atomic E-state index is 0.247. The number of hydrogen-bond acceptors (Lipinski definition) is 8. The van der Waals surface area contributed by atoms with Gasteiger partial charge in [-0.15, -0.1) is 0 Å². The first-order valence-electron chi connectivity index (χ1n) is 8.90. The van der Waals surface area contributed by atoms with E-state index in [0.717, 1.165) is 11.5 Å². The summed E-state index contributed by atoms with van der Waals surface area (Å²) in [7, 11) is 3.30. The van der Waals surface area contributed by atoms with E-state index >= 15 is 0 Å². The number of amides is 4. The van der Waals surface area contributed by atoms with E-state index < -0.39 is 0 Å². The first-order valence-corrected chi connectivity index (χ1v) is 11.4. The summed E-state index contributed by atoms with van der Waals surface area (Å²) in [6, 6.07) is 0. The Balaban J connectivity index is 1.38. The fraction of sp³-hybridized carbons (Fsp3) is 0.556. The zero-order valence-electron chi connectivity index (χ0n) is 16.0. The summed E-state index contributed by atoms with van der Waals surface area (Å²) in [6.45, 7) is 5.52. The van der Waals surface area contributed by atoms with Crippen LogP contribution in [0.2, 0.25) is 0 Å². The monoisotopic (exact) mass is 428 g/mol. The van der Waals surface area contributed by atoms with E-state index in [0.29, 0.717) is 37.6 Å². The zero-order valence-corrected chi connectivity index (χ0v) is 17.6. The number of imide groups is 2. The van der Waals surface area contributed by atoms with Crippen LogP contribution in [-0.4, -0.2) is 84.5 Å². The van der Waals surface area contributed by atoms with Crippen molar-refractivity contribution in [2.24, 2.45) is 0 Å². The Morgan fingerprint density at radius 2 is 1.11 bits per heavy atom. The topological polar surface area (TPSA) is 93.2 Å². The second-order valence-electron chi connectivity index (χ2n) is 6.11. The van der Waals surface area contributed by atoms with Crippen LogP contribution in [-0.2, 0) is 28.7 Å². The van der Waals surface area contributed by atoms with E-state index in [1.165, 1.54) is 22.0 Å². The molecule has 0 N–H and O–H groups in total. The SMILES string of the molecule is CC1=CC(=O)N(CCOCCSSCCOCCN2C(=O)C=C(C)C2=O)C1=O. The maximum Gasteiger partial charge on any atom is 0.256 e. The molecule has 0 saturated carbocycles. The molecule has 0 spiro atoms. The van der Waals surface area contributed by atoms with Crippen molar-refractivity contribution < 1.29 is 28.7 Å². The Morgan fingerprint density at radius 1 is 0.714 bits per heavy atom. The molecule has 0 unspecified atom stereocenters. The van der Waals surface area contributed by atoms with E-state index in [-0.39, 0.29) is 36.7 Å². The lowest BCUT2D eigenvalue weighted by molar-refractivity contribution is -0.139. The van der Waals surface area contributed by atoms with Crippen molar-refractivity contribution in [3.63, 3.8) is 0 Å². The van der Waals surface area contributed by atoms with E-state index in [2.05, 4.69) is 0 Å². The predicted octanol–water partition coefficient (Wildman–Crippen LogP) is 1.03. The minimum atomic E-state index is -0.277. The quantitative estimate of drug-likeness (QED) is 0.244. The Morgan fingerprint density at radius 3 is 1.43 bits per heavy atom. The third-order valence-electron chi connectivity index (χ3n) is 4.00. The standard InChI is InChI=1S/C18H24N2O6S2/c1-13-11-15(21)19(17(13)23)3-5-25-7-9-27-28-10-8-26-6-4-20-16(22)12-14(2)18(20)24/h11-12H,3-10H2,1-2H3. The first-order chi connectivity index (χ1) is 13.4. The molecular formula is C18H24N2O6S2. The summed E-state index contributed by atoms with van der Waals surface area (Å²) in [4.78, 5) is 48.8. The fourth-order valence-electron chi connectivity index (χ4n) is 2.52. The molecule has 0 atom stereocenters. The van der Waals surface area contributed by atoms with Gasteiger partial charge in [0.2, 0.25) is 0 Å². The van der Waals surface area contributed by atoms with Gasteiger partial charge in [-0.2, -0.15) is 0 Å². The van der Waals surface area contributed by atoms with Gasteiger partial charge in [0, 0.05) is 34.8 Å². The highest BCUT2D eigenvalue weighted by Gasteiger charge is 2.28. The van der Waals surface area contributed by atoms with Crippen molar-refractivity contribution in [1.82, 2.24) is 9.80 Å². The van der Waals surface area contributed by atoms with Crippen molar-refractivity contribution in [2.75, 3.05) is 51.0 Å². The van der Waals surface area contributed by atoms with Crippen molar-refractivity contribution in [3.8, 4) is 0 Å². The molecule has 10 heteroatoms. The molecule has 2 aliphatic heterocycles. The summed E-state index contributed by atoms with van der Waals surface area (Å²) in [5, 5.41) is 0. The highest BCUT2D eigenvalue weighted by atomic mass is 33.1. The maximum atomic E-state index is 11.7. The summed E-state index contributed by atoms with van der Waals surface area (Å²) in [5.41, 5.74) is 0.925. The van der Waals surface area contributed by atoms with E-state index in [1.54, 1.807) is 35.4 Å². The summed E-state index contributed by atoms with van der Waals surface area (Å²) >= 11 is 0. The zero-order chi connectivity index (χ0) is 20.5. The Kier molecular flexibility index (Phi) is 9.23. The van der Waals surface area contributed by atoms with Gasteiger partial charge < -0.3 is 9.47 Å². The van der Waals surface area contributed by atoms with Gasteiger partial charge in [-0.25, -0.2) is 0 Å². The number of rotatable bonds is 13. The largest absolute Gasteiger partial charge is 0.379 e. The van der Waals surface area contributed by atoms with Crippen LogP contribution in [0.4, 0.5) is 0 Å². The van der Waals surface area contributed by atoms with Crippen LogP contribution in [0.5, 0.6) is 0 Å². The van der Waals surface area contributed by atoms with Gasteiger partial charge >= 0.3 is 0 Å². The molecule has 2 heterocycles. The molecule has 28 heavy (non-hydrogen) atoms. The highest BCUT2D eigenvalue weighted by molar-refractivity contribution is 8.76. The van der Waals surface area contributed by atoms with Gasteiger partial charge in [-0.3, -0.25) is 29.0 Å². The average Bonchev–Trinajstić information content (AvgIpc) is 3.04. The molecule has 0 aromatic heterocycles. The smallest absolute Gasteiger partial charge is 0.256 e. The molecule has 2 aliphatic rings. The molecule has 0 bridgehead atoms. The average molecular weight is 429 g/mol. The van der Waals surface area contributed by atoms with E-state index in [4.69, 9.17) is 9.47 Å². The van der Waals surface area contributed by atoms with E-state index in [9.17, 15) is 19.2 Å². The minimum Gasteiger partial charge on any atom is -0.379 e. The lowest BCUT2D eigenvalue weighted by Gasteiger charge is -2.14. The normalized spacial score (nSPS) is 17.1. The maximum absolute atomic E-state index is 11.7. The summed E-state index contributed by atoms with van der Waals surface area (Å²) in [5.74, 6) is 0.519. The van der Waals surface area contributed by atoms with Crippen molar-refractivity contribution in [3.05, 3.63) is 23.3 Å². The molecule has 0 saturated heterocycles. The molecule has 154 valence electrons. The van der Waals surface area contributed by atoms with Crippen molar-refractivity contribution in [1.29, 1.82) is 0 Å². The van der Waals surface area contributed by atoms with Gasteiger partial charge in [0.05, 0.1) is 39.5 Å². The highest BCUT2D eigenvalue weighted by Crippen LogP contribution is 2.20. The Labute approximate surface area is 172 Å². The fourth-order valence-corrected chi connectivity index (χ4v) is 4.24. The Bertz CT molecular complexity index is 634. The van der Waals surface area contributed by atoms with Crippen LogP contribution < -0.4 is 0 Å². The van der Waals surface area contributed by atoms with Gasteiger partial charge in [0.1, 0.15) is 0 Å². The second-order valence-corrected chi connectivity index (χ2v) is 8.82. The number of ether oxygens (including phenoxy) is 2. The molecular weight excluding hydrogens is 404 g/mol. The lowest BCUT2D eigenvalue weighted by atomic mass is 10.3. The van der Waals surface area contributed by atoms with Crippen molar-refractivity contribution >= 4 is 45.2 Å². The van der Waals surface area contributed by atoms with Crippen LogP contribution >= 0.6 is 21.6 Å². The van der Waals surface area contributed by atoms with Crippen LogP contribution in [0.3, 0.4) is 0 Å². The molecule has 2 rings (SSSR count).